The summed E-state index contributed by atoms with van der Waals surface area (Å²) in [5.74, 6) is 0.593. The highest BCUT2D eigenvalue weighted by molar-refractivity contribution is 6.82. The van der Waals surface area contributed by atoms with Crippen molar-refractivity contribution >= 4 is 20.2 Å². The lowest BCUT2D eigenvalue weighted by Gasteiger charge is -2.19. The van der Waals surface area contributed by atoms with E-state index in [0.717, 1.165) is 12.5 Å². The van der Waals surface area contributed by atoms with Crippen molar-refractivity contribution in [1.29, 1.82) is 0 Å². The number of ether oxygens (including phenoxy) is 1. The lowest BCUT2D eigenvalue weighted by atomic mass is 10.3. The van der Waals surface area contributed by atoms with E-state index in [4.69, 9.17) is 25.2 Å². The second-order valence-electron chi connectivity index (χ2n) is 2.98. The summed E-state index contributed by atoms with van der Waals surface area (Å²) in [6.45, 7) is 0. The molecule has 1 aliphatic rings. The number of halogens is 1. The van der Waals surface area contributed by atoms with E-state index in [-0.39, 0.29) is 5.22 Å². The average molecular weight is 211 g/mol. The van der Waals surface area contributed by atoms with Crippen LogP contribution < -0.4 is 0 Å². The van der Waals surface area contributed by atoms with Gasteiger partial charge in [-0.3, -0.25) is 0 Å². The Morgan fingerprint density at radius 1 is 1.33 bits per heavy atom. The number of alkyl halides is 1. The Balaban J connectivity index is 2.62. The van der Waals surface area contributed by atoms with Crippen LogP contribution in [0.25, 0.3) is 0 Å². The topological polar surface area (TPSA) is 27.7 Å². The first-order valence-electron chi connectivity index (χ1n) is 3.92. The zero-order valence-electron chi connectivity index (χ0n) is 7.72. The van der Waals surface area contributed by atoms with Gasteiger partial charge in [0.25, 0.3) is 0 Å². The molecule has 1 unspecified atom stereocenters. The fourth-order valence-corrected chi connectivity index (χ4v) is 5.59. The number of rotatable bonds is 5. The van der Waals surface area contributed by atoms with E-state index in [1.54, 1.807) is 21.3 Å². The molecule has 0 aromatic heterocycles. The molecule has 1 fully saturated rings. The third-order valence-electron chi connectivity index (χ3n) is 2.64. The molecule has 0 amide bonds. The third-order valence-corrected chi connectivity index (χ3v) is 6.77. The quantitative estimate of drug-likeness (QED) is 0.506. The van der Waals surface area contributed by atoms with Gasteiger partial charge in [-0.15, -0.1) is 11.6 Å². The summed E-state index contributed by atoms with van der Waals surface area (Å²) in [7, 11) is 3.06. The summed E-state index contributed by atoms with van der Waals surface area (Å²) >= 11 is 5.68. The van der Waals surface area contributed by atoms with Crippen molar-refractivity contribution in [2.24, 2.45) is 0 Å². The molecule has 12 heavy (non-hydrogen) atoms. The molecule has 5 heteroatoms. The van der Waals surface area contributed by atoms with Gasteiger partial charge in [0, 0.05) is 33.3 Å². The van der Waals surface area contributed by atoms with Crippen LogP contribution in [0.2, 0.25) is 6.04 Å². The molecule has 0 bridgehead atoms. The molecule has 1 rings (SSSR count). The Morgan fingerprint density at radius 2 is 1.92 bits per heavy atom. The van der Waals surface area contributed by atoms with Gasteiger partial charge >= 0.3 is 8.56 Å². The van der Waals surface area contributed by atoms with Gasteiger partial charge in [-0.25, -0.2) is 0 Å². The van der Waals surface area contributed by atoms with E-state index < -0.39 is 8.56 Å². The first-order chi connectivity index (χ1) is 5.70. The molecule has 0 N–H and O–H groups in total. The fraction of sp³-hybridized carbons (Fsp3) is 1.00. The maximum Gasteiger partial charge on any atom is 0.373 e. The summed E-state index contributed by atoms with van der Waals surface area (Å²) in [5, 5.41) is -0.182. The zero-order valence-corrected chi connectivity index (χ0v) is 9.48. The smallest absolute Gasteiger partial charge is 0.373 e. The van der Waals surface area contributed by atoms with Crippen LogP contribution in [0.15, 0.2) is 0 Å². The standard InChI is InChI=1S/C7H15ClO3Si/c1-9-7(4-5-8)6-12(7,10-2)11-3/h4-6H2,1-3H3. The highest BCUT2D eigenvalue weighted by atomic mass is 35.5. The van der Waals surface area contributed by atoms with Crippen LogP contribution in [0.3, 0.4) is 0 Å². The van der Waals surface area contributed by atoms with Crippen molar-refractivity contribution in [2.75, 3.05) is 27.2 Å². The molecule has 3 nitrogen and oxygen atoms in total. The van der Waals surface area contributed by atoms with Crippen LogP contribution in [-0.4, -0.2) is 41.0 Å². The minimum atomic E-state index is -2.01. The molecule has 1 atom stereocenters. The minimum Gasteiger partial charge on any atom is -0.396 e. The monoisotopic (exact) mass is 210 g/mol. The lowest BCUT2D eigenvalue weighted by Crippen LogP contribution is -2.37. The predicted molar refractivity (Wildman–Crippen MR) is 49.7 cm³/mol. The van der Waals surface area contributed by atoms with Crippen LogP contribution in [0.1, 0.15) is 6.42 Å². The molecule has 1 heterocycles. The highest BCUT2D eigenvalue weighted by Crippen LogP contribution is 2.52. The van der Waals surface area contributed by atoms with Crippen LogP contribution in [0, 0.1) is 0 Å². The molecule has 72 valence electrons. The van der Waals surface area contributed by atoms with E-state index in [0.29, 0.717) is 5.88 Å². The molecule has 0 saturated carbocycles. The van der Waals surface area contributed by atoms with E-state index in [1.165, 1.54) is 0 Å². The summed E-state index contributed by atoms with van der Waals surface area (Å²) in [6.07, 6.45) is 0.818. The van der Waals surface area contributed by atoms with Gasteiger partial charge in [-0.05, 0) is 6.42 Å². The molecule has 1 aliphatic heterocycles. The molecule has 0 aliphatic carbocycles. The minimum absolute atomic E-state index is 0.182. The average Bonchev–Trinajstić information content (AvgIpc) is 2.76. The lowest BCUT2D eigenvalue weighted by molar-refractivity contribution is 0.0826. The SMILES string of the molecule is COC1(CCCl)C[Si]1(OC)OC. The van der Waals surface area contributed by atoms with Crippen molar-refractivity contribution in [1.82, 2.24) is 0 Å². The fourth-order valence-electron chi connectivity index (χ4n) is 1.69. The maximum absolute atomic E-state index is 5.68. The van der Waals surface area contributed by atoms with E-state index in [1.807, 2.05) is 0 Å². The molecule has 0 spiro atoms. The third kappa shape index (κ3) is 1.31. The van der Waals surface area contributed by atoms with Crippen molar-refractivity contribution in [3.63, 3.8) is 0 Å². The van der Waals surface area contributed by atoms with Gasteiger partial charge in [-0.2, -0.15) is 0 Å². The van der Waals surface area contributed by atoms with Gasteiger partial charge in [0.05, 0.1) is 0 Å². The molecular formula is C7H15ClO3Si. The van der Waals surface area contributed by atoms with Crippen LogP contribution >= 0.6 is 11.6 Å². The van der Waals surface area contributed by atoms with Gasteiger partial charge in [0.2, 0.25) is 0 Å². The Labute approximate surface area is 79.2 Å². The molecule has 0 aromatic rings. The summed E-state index contributed by atoms with van der Waals surface area (Å²) in [4.78, 5) is 0. The normalized spacial score (nSPS) is 32.0. The Morgan fingerprint density at radius 3 is 2.17 bits per heavy atom. The largest absolute Gasteiger partial charge is 0.396 e. The molecule has 0 aromatic carbocycles. The Kier molecular flexibility index (Phi) is 3.17. The van der Waals surface area contributed by atoms with Gasteiger partial charge < -0.3 is 13.6 Å². The second kappa shape index (κ2) is 3.63. The number of hydrogen-bond acceptors (Lipinski definition) is 3. The van der Waals surface area contributed by atoms with E-state index in [9.17, 15) is 0 Å². The summed E-state index contributed by atoms with van der Waals surface area (Å²) in [6, 6.07) is 0.899. The van der Waals surface area contributed by atoms with E-state index in [2.05, 4.69) is 0 Å². The van der Waals surface area contributed by atoms with Gasteiger partial charge in [0.1, 0.15) is 5.22 Å². The molecular weight excluding hydrogens is 196 g/mol. The van der Waals surface area contributed by atoms with Crippen LogP contribution in [0.5, 0.6) is 0 Å². The van der Waals surface area contributed by atoms with Crippen molar-refractivity contribution in [3.05, 3.63) is 0 Å². The first kappa shape index (κ1) is 10.5. The van der Waals surface area contributed by atoms with Crippen molar-refractivity contribution in [3.8, 4) is 0 Å². The van der Waals surface area contributed by atoms with Crippen LogP contribution in [0.4, 0.5) is 0 Å². The summed E-state index contributed by atoms with van der Waals surface area (Å²) < 4.78 is 16.2. The van der Waals surface area contributed by atoms with Crippen molar-refractivity contribution in [2.45, 2.75) is 17.7 Å². The highest BCUT2D eigenvalue weighted by Gasteiger charge is 2.74. The molecule has 0 radical (unpaired) electrons. The van der Waals surface area contributed by atoms with Crippen molar-refractivity contribution < 1.29 is 13.6 Å². The van der Waals surface area contributed by atoms with E-state index >= 15 is 0 Å². The second-order valence-corrected chi connectivity index (χ2v) is 6.94. The maximum atomic E-state index is 5.68. The Hall–Kier alpha value is 0.387. The first-order valence-corrected chi connectivity index (χ1v) is 6.47. The number of methoxy groups -OCH3 is 1. The van der Waals surface area contributed by atoms with Gasteiger partial charge in [0.15, 0.2) is 0 Å². The summed E-state index contributed by atoms with van der Waals surface area (Å²) in [5.41, 5.74) is 0. The Bertz CT molecular complexity index is 163. The van der Waals surface area contributed by atoms with Gasteiger partial charge in [-0.1, -0.05) is 0 Å². The zero-order chi connectivity index (χ0) is 9.24. The van der Waals surface area contributed by atoms with Crippen LogP contribution in [-0.2, 0) is 13.6 Å². The molecule has 1 saturated heterocycles. The number of hydrogen-bond donors (Lipinski definition) is 0. The predicted octanol–water partition coefficient (Wildman–Crippen LogP) is 1.29.